The Kier molecular flexibility index (Phi) is 49.6. The number of amides is 1. The van der Waals surface area contributed by atoms with Gasteiger partial charge in [0.25, 0.3) is 0 Å². The Labute approximate surface area is 509 Å². The number of unbranched alkanes of at least 4 members (excludes halogenated alkanes) is 26. The third kappa shape index (κ3) is 38.2. The summed E-state index contributed by atoms with van der Waals surface area (Å²) in [6, 6.07) is -0.918. The van der Waals surface area contributed by atoms with Gasteiger partial charge in [-0.3, -0.25) is 4.79 Å². The van der Waals surface area contributed by atoms with Crippen LogP contribution in [0.1, 0.15) is 245 Å². The van der Waals surface area contributed by atoms with Gasteiger partial charge in [-0.25, -0.2) is 0 Å². The van der Waals surface area contributed by atoms with Gasteiger partial charge < -0.3 is 65.1 Å². The average Bonchev–Trinajstić information content (AvgIpc) is 2.58. The summed E-state index contributed by atoms with van der Waals surface area (Å²) < 4.78 is 22.8. The Morgan fingerprint density at radius 1 is 0.440 bits per heavy atom. The van der Waals surface area contributed by atoms with Gasteiger partial charge in [0.05, 0.1) is 32.0 Å². The summed E-state index contributed by atoms with van der Waals surface area (Å²) in [7, 11) is 0. The summed E-state index contributed by atoms with van der Waals surface area (Å²) >= 11 is 0. The molecule has 84 heavy (non-hydrogen) atoms. The molecule has 0 aromatic rings. The number of carbonyl (C=O) groups excluding carboxylic acids is 1. The molecule has 0 aliphatic carbocycles. The van der Waals surface area contributed by atoms with Crippen molar-refractivity contribution >= 4 is 5.91 Å². The molecule has 0 spiro atoms. The third-order valence-electron chi connectivity index (χ3n) is 15.8. The summed E-state index contributed by atoms with van der Waals surface area (Å²) in [5.41, 5.74) is 0. The fraction of sp³-hybridized carbons (Fsp3) is 0.757. The molecule has 0 radical (unpaired) electrons. The molecule has 9 N–H and O–H groups in total. The van der Waals surface area contributed by atoms with Crippen LogP contribution in [0.4, 0.5) is 0 Å². The van der Waals surface area contributed by atoms with E-state index in [1.807, 2.05) is 6.08 Å². The van der Waals surface area contributed by atoms with E-state index in [-0.39, 0.29) is 18.9 Å². The van der Waals surface area contributed by atoms with E-state index in [1.54, 1.807) is 6.08 Å². The van der Waals surface area contributed by atoms with Gasteiger partial charge in [-0.05, 0) is 77.0 Å². The van der Waals surface area contributed by atoms with E-state index in [0.717, 1.165) is 83.5 Å². The second-order valence-corrected chi connectivity index (χ2v) is 23.2. The van der Waals surface area contributed by atoms with Gasteiger partial charge in [0.2, 0.25) is 5.91 Å². The molecule has 0 saturated carbocycles. The van der Waals surface area contributed by atoms with Crippen molar-refractivity contribution in [2.24, 2.45) is 0 Å². The molecule has 1 amide bonds. The predicted octanol–water partition coefficient (Wildman–Crippen LogP) is 13.0. The van der Waals surface area contributed by atoms with Crippen LogP contribution in [0.5, 0.6) is 0 Å². The summed E-state index contributed by atoms with van der Waals surface area (Å²) in [5.74, 6) is -0.242. The molecule has 0 aromatic carbocycles. The minimum absolute atomic E-state index is 0.242. The lowest BCUT2D eigenvalue weighted by Crippen LogP contribution is -2.65. The van der Waals surface area contributed by atoms with Crippen LogP contribution in [-0.2, 0) is 23.7 Å². The van der Waals surface area contributed by atoms with Crippen molar-refractivity contribution < 1.29 is 64.6 Å². The van der Waals surface area contributed by atoms with Crippen molar-refractivity contribution in [2.45, 2.75) is 319 Å². The van der Waals surface area contributed by atoms with Crippen molar-refractivity contribution in [2.75, 3.05) is 19.8 Å². The van der Waals surface area contributed by atoms with Gasteiger partial charge in [-0.1, -0.05) is 259 Å². The van der Waals surface area contributed by atoms with Gasteiger partial charge in [0.1, 0.15) is 48.8 Å². The molecule has 2 rings (SSSR count). The largest absolute Gasteiger partial charge is 0.394 e. The lowest BCUT2D eigenvalue weighted by atomic mass is 9.97. The number of carbonyl (C=O) groups is 1. The molecule has 2 aliphatic heterocycles. The maximum atomic E-state index is 13.3. The summed E-state index contributed by atoms with van der Waals surface area (Å²) in [5, 5.41) is 87.2. The van der Waals surface area contributed by atoms with Crippen LogP contribution in [0.25, 0.3) is 0 Å². The van der Waals surface area contributed by atoms with Gasteiger partial charge in [-0.2, -0.15) is 0 Å². The van der Waals surface area contributed by atoms with Gasteiger partial charge in [0, 0.05) is 6.42 Å². The lowest BCUT2D eigenvalue weighted by Gasteiger charge is -2.46. The number of aliphatic hydroxyl groups excluding tert-OH is 8. The van der Waals surface area contributed by atoms with Crippen LogP contribution in [0.3, 0.4) is 0 Å². The smallest absolute Gasteiger partial charge is 0.220 e. The minimum Gasteiger partial charge on any atom is -0.394 e. The molecule has 2 heterocycles. The zero-order chi connectivity index (χ0) is 60.9. The molecule has 0 aromatic heterocycles. The monoisotopic (exact) mass is 1180 g/mol. The third-order valence-corrected chi connectivity index (χ3v) is 15.8. The quantitative estimate of drug-likeness (QED) is 0.0204. The van der Waals surface area contributed by atoms with E-state index in [0.29, 0.717) is 6.42 Å². The Morgan fingerprint density at radius 2 is 0.821 bits per heavy atom. The number of allylic oxidation sites excluding steroid dienone is 15. The van der Waals surface area contributed by atoms with Gasteiger partial charge in [-0.15, -0.1) is 0 Å². The van der Waals surface area contributed by atoms with Crippen LogP contribution in [0, 0.1) is 0 Å². The number of nitrogens with one attached hydrogen (secondary N) is 1. The zero-order valence-corrected chi connectivity index (χ0v) is 52.4. The topological polar surface area (TPSA) is 228 Å². The Morgan fingerprint density at radius 3 is 1.26 bits per heavy atom. The molecule has 14 heteroatoms. The maximum Gasteiger partial charge on any atom is 0.220 e. The number of hydrogen-bond donors (Lipinski definition) is 9. The Bertz CT molecular complexity index is 1780. The van der Waals surface area contributed by atoms with Gasteiger partial charge in [0.15, 0.2) is 12.6 Å². The van der Waals surface area contributed by atoms with Crippen LogP contribution in [0.15, 0.2) is 97.2 Å². The fourth-order valence-electron chi connectivity index (χ4n) is 10.4. The van der Waals surface area contributed by atoms with Crippen LogP contribution in [0.2, 0.25) is 0 Å². The van der Waals surface area contributed by atoms with E-state index >= 15 is 0 Å². The first-order valence-corrected chi connectivity index (χ1v) is 33.5. The molecule has 2 aliphatic rings. The van der Waals surface area contributed by atoms with Gasteiger partial charge >= 0.3 is 0 Å². The molecule has 2 saturated heterocycles. The Hall–Kier alpha value is -3.09. The van der Waals surface area contributed by atoms with E-state index in [1.165, 1.54) is 135 Å². The summed E-state index contributed by atoms with van der Waals surface area (Å²) in [6.07, 6.45) is 58.9. The molecule has 12 unspecified atom stereocenters. The first-order chi connectivity index (χ1) is 41.1. The molecule has 0 bridgehead atoms. The first-order valence-electron chi connectivity index (χ1n) is 33.5. The number of aliphatic hydroxyl groups is 8. The first kappa shape index (κ1) is 77.0. The second-order valence-electron chi connectivity index (χ2n) is 23.2. The summed E-state index contributed by atoms with van der Waals surface area (Å²) in [4.78, 5) is 13.3. The highest BCUT2D eigenvalue weighted by Crippen LogP contribution is 2.30. The lowest BCUT2D eigenvalue weighted by molar-refractivity contribution is -0.359. The molecule has 484 valence electrons. The van der Waals surface area contributed by atoms with Crippen LogP contribution < -0.4 is 5.32 Å². The van der Waals surface area contributed by atoms with E-state index < -0.39 is 86.8 Å². The normalized spacial score (nSPS) is 24.3. The average molecular weight is 1180 g/mol. The van der Waals surface area contributed by atoms with E-state index in [4.69, 9.17) is 18.9 Å². The molecule has 12 atom stereocenters. The van der Waals surface area contributed by atoms with Crippen molar-refractivity contribution in [3.8, 4) is 0 Å². The van der Waals surface area contributed by atoms with Crippen molar-refractivity contribution in [1.82, 2.24) is 5.32 Å². The minimum atomic E-state index is -1.79. The van der Waals surface area contributed by atoms with Crippen LogP contribution >= 0.6 is 0 Å². The maximum absolute atomic E-state index is 13.3. The molecular formula is C70H121NO13. The highest BCUT2D eigenvalue weighted by molar-refractivity contribution is 5.76. The predicted molar refractivity (Wildman–Crippen MR) is 341 cm³/mol. The van der Waals surface area contributed by atoms with E-state index in [9.17, 15) is 45.6 Å². The van der Waals surface area contributed by atoms with Crippen molar-refractivity contribution in [3.63, 3.8) is 0 Å². The second kappa shape index (κ2) is 54.1. The van der Waals surface area contributed by atoms with Crippen molar-refractivity contribution in [3.05, 3.63) is 97.2 Å². The number of rotatable bonds is 53. The molecule has 2 fully saturated rings. The van der Waals surface area contributed by atoms with E-state index in [2.05, 4.69) is 104 Å². The highest BCUT2D eigenvalue weighted by atomic mass is 16.7. The zero-order valence-electron chi connectivity index (χ0n) is 52.4. The van der Waals surface area contributed by atoms with Crippen molar-refractivity contribution in [1.29, 1.82) is 0 Å². The highest BCUT2D eigenvalue weighted by Gasteiger charge is 2.51. The molecule has 14 nitrogen and oxygen atoms in total. The Balaban J connectivity index is 1.61. The standard InChI is InChI=1S/C70H121NO13/c1-3-5-7-9-11-13-15-17-18-19-20-21-22-23-24-25-26-27-28-29-30-31-32-33-34-35-36-37-38-39-40-42-44-46-48-50-52-54-62(75)71-58(59(74)53-51-49-47-45-43-41-16-14-12-10-8-6-4-2)57-81-69-67(80)65(78)68(61(56-73)83-69)84-70-66(79)64(77)63(76)60(55-72)82-70/h5,7,11,13,17-18,20-21,23-24,26-27,29-30,51,53,58-61,63-70,72-74,76-80H,3-4,6,8-10,12,14-16,19,22,25,28,31-50,52,54-57H2,1-2H3,(H,71,75)/b7-5-,13-11-,18-17-,21-20-,24-23-,27-26-,30-29-,53-51+. The van der Waals surface area contributed by atoms with Crippen LogP contribution in [-0.4, -0.2) is 140 Å². The SMILES string of the molecule is CC/C=C\C/C=C\C/C=C\C/C=C\C/C=C\C/C=C\C/C=C\CCCCCCCCCCCCCCCCCC(=O)NC(COC1OC(CO)C(OC2OC(CO)C(O)C(O)C2O)C(O)C1O)C(O)/C=C/CCCCCCCCCCCCC. The fourth-order valence-corrected chi connectivity index (χ4v) is 10.4. The number of hydrogen-bond acceptors (Lipinski definition) is 13. The summed E-state index contributed by atoms with van der Waals surface area (Å²) in [6.45, 7) is 2.67. The number of ether oxygens (including phenoxy) is 4. The molecular weight excluding hydrogens is 1060 g/mol.